The predicted octanol–water partition coefficient (Wildman–Crippen LogP) is 5.38. The molecule has 0 radical (unpaired) electrons. The molecule has 164 valence electrons. The molecule has 6 heteroatoms. The van der Waals surface area contributed by atoms with Crippen LogP contribution in [0.3, 0.4) is 0 Å². The molecule has 0 aliphatic rings. The molecule has 0 saturated carbocycles. The first kappa shape index (κ1) is 21.4. The quantitative estimate of drug-likeness (QED) is 0.406. The fraction of sp³-hybridized carbons (Fsp3) is 0.231. The van der Waals surface area contributed by atoms with Gasteiger partial charge < -0.3 is 19.7 Å². The molecule has 0 saturated heterocycles. The molecule has 6 nitrogen and oxygen atoms in total. The molecule has 3 aromatic carbocycles. The number of fused-ring (bicyclic) bond motifs is 1. The van der Waals surface area contributed by atoms with Gasteiger partial charge in [-0.1, -0.05) is 42.5 Å². The van der Waals surface area contributed by atoms with Crippen LogP contribution in [0.4, 0.5) is 11.6 Å². The molecule has 0 amide bonds. The Kier molecular flexibility index (Phi) is 6.40. The number of methoxy groups -OCH3 is 2. The Morgan fingerprint density at radius 2 is 1.62 bits per heavy atom. The molecule has 0 bridgehead atoms. The number of hydrogen-bond acceptors (Lipinski definition) is 6. The standard InChI is InChI=1S/C26H28N4O2/c1-5-30(17-18-10-7-6-8-11-18)20-13-9-12-19(14-20)25-21-15-23(31-3)24(32-4)16-22(21)28-26(27-2)29-25/h6-16H,5,17H2,1-4H3,(H,27,28,29). The minimum atomic E-state index is 0.557. The van der Waals surface area contributed by atoms with Crippen molar-refractivity contribution in [3.8, 4) is 22.8 Å². The van der Waals surface area contributed by atoms with E-state index < -0.39 is 0 Å². The maximum Gasteiger partial charge on any atom is 0.223 e. The number of benzene rings is 3. The lowest BCUT2D eigenvalue weighted by molar-refractivity contribution is 0.356. The van der Waals surface area contributed by atoms with Gasteiger partial charge in [-0.2, -0.15) is 0 Å². The smallest absolute Gasteiger partial charge is 0.223 e. The maximum absolute atomic E-state index is 5.53. The van der Waals surface area contributed by atoms with Crippen LogP contribution in [0.25, 0.3) is 22.2 Å². The van der Waals surface area contributed by atoms with Gasteiger partial charge in [-0.05, 0) is 30.7 Å². The van der Waals surface area contributed by atoms with Crippen LogP contribution in [0.1, 0.15) is 12.5 Å². The molecule has 0 aliphatic carbocycles. The van der Waals surface area contributed by atoms with Crippen LogP contribution in [-0.4, -0.2) is 37.8 Å². The average Bonchev–Trinajstić information content (AvgIpc) is 2.86. The summed E-state index contributed by atoms with van der Waals surface area (Å²) in [6.07, 6.45) is 0. The number of nitrogens with one attached hydrogen (secondary N) is 1. The zero-order valence-corrected chi connectivity index (χ0v) is 18.9. The third-order valence-electron chi connectivity index (χ3n) is 5.51. The van der Waals surface area contributed by atoms with Crippen molar-refractivity contribution in [2.45, 2.75) is 13.5 Å². The molecule has 0 aliphatic heterocycles. The molecular formula is C26H28N4O2. The molecule has 0 fully saturated rings. The van der Waals surface area contributed by atoms with Crippen molar-refractivity contribution in [1.82, 2.24) is 9.97 Å². The summed E-state index contributed by atoms with van der Waals surface area (Å²) < 4.78 is 11.0. The molecule has 1 heterocycles. The third-order valence-corrected chi connectivity index (χ3v) is 5.51. The van der Waals surface area contributed by atoms with Crippen LogP contribution >= 0.6 is 0 Å². The number of nitrogens with zero attached hydrogens (tertiary/aromatic N) is 3. The van der Waals surface area contributed by atoms with Gasteiger partial charge in [-0.3, -0.25) is 0 Å². The van der Waals surface area contributed by atoms with Crippen LogP contribution in [-0.2, 0) is 6.54 Å². The summed E-state index contributed by atoms with van der Waals surface area (Å²) in [6, 6.07) is 22.8. The van der Waals surface area contributed by atoms with E-state index >= 15 is 0 Å². The van der Waals surface area contributed by atoms with E-state index in [9.17, 15) is 0 Å². The van der Waals surface area contributed by atoms with Crippen molar-refractivity contribution in [3.63, 3.8) is 0 Å². The van der Waals surface area contributed by atoms with E-state index in [-0.39, 0.29) is 0 Å². The highest BCUT2D eigenvalue weighted by atomic mass is 16.5. The Morgan fingerprint density at radius 1 is 0.875 bits per heavy atom. The second-order valence-electron chi connectivity index (χ2n) is 7.42. The molecule has 1 N–H and O–H groups in total. The second-order valence-corrected chi connectivity index (χ2v) is 7.42. The van der Waals surface area contributed by atoms with Crippen LogP contribution < -0.4 is 19.7 Å². The average molecular weight is 429 g/mol. The lowest BCUT2D eigenvalue weighted by atomic mass is 10.0. The zero-order chi connectivity index (χ0) is 22.5. The molecular weight excluding hydrogens is 400 g/mol. The van der Waals surface area contributed by atoms with Crippen LogP contribution in [0.5, 0.6) is 11.5 Å². The van der Waals surface area contributed by atoms with Crippen LogP contribution in [0, 0.1) is 0 Å². The summed E-state index contributed by atoms with van der Waals surface area (Å²) in [5.74, 6) is 1.85. The lowest BCUT2D eigenvalue weighted by Crippen LogP contribution is -2.21. The summed E-state index contributed by atoms with van der Waals surface area (Å²) >= 11 is 0. The number of hydrogen-bond donors (Lipinski definition) is 1. The summed E-state index contributed by atoms with van der Waals surface area (Å²) in [5.41, 5.74) is 5.08. The first-order valence-corrected chi connectivity index (χ1v) is 10.7. The van der Waals surface area contributed by atoms with E-state index in [1.807, 2.05) is 25.2 Å². The third kappa shape index (κ3) is 4.30. The predicted molar refractivity (Wildman–Crippen MR) is 131 cm³/mol. The normalized spacial score (nSPS) is 10.8. The van der Waals surface area contributed by atoms with E-state index in [2.05, 4.69) is 70.7 Å². The van der Waals surface area contributed by atoms with E-state index in [0.717, 1.165) is 40.9 Å². The molecule has 1 aromatic heterocycles. The molecule has 4 rings (SSSR count). The topological polar surface area (TPSA) is 59.5 Å². The molecule has 4 aromatic rings. The van der Waals surface area contributed by atoms with Gasteiger partial charge in [0.25, 0.3) is 0 Å². The van der Waals surface area contributed by atoms with Crippen molar-refractivity contribution in [2.24, 2.45) is 0 Å². The van der Waals surface area contributed by atoms with E-state index in [0.29, 0.717) is 17.4 Å². The SMILES string of the molecule is CCN(Cc1ccccc1)c1cccc(-c2nc(NC)nc3cc(OC)c(OC)cc23)c1. The minimum absolute atomic E-state index is 0.557. The van der Waals surface area contributed by atoms with Crippen molar-refractivity contribution in [1.29, 1.82) is 0 Å². The molecule has 0 atom stereocenters. The minimum Gasteiger partial charge on any atom is -0.493 e. The molecule has 32 heavy (non-hydrogen) atoms. The highest BCUT2D eigenvalue weighted by Gasteiger charge is 2.15. The summed E-state index contributed by atoms with van der Waals surface area (Å²) in [6.45, 7) is 3.92. The van der Waals surface area contributed by atoms with E-state index in [1.54, 1.807) is 14.2 Å². The van der Waals surface area contributed by atoms with Crippen molar-refractivity contribution in [2.75, 3.05) is 38.0 Å². The van der Waals surface area contributed by atoms with Gasteiger partial charge >= 0.3 is 0 Å². The largest absolute Gasteiger partial charge is 0.493 e. The Labute approximate surface area is 188 Å². The van der Waals surface area contributed by atoms with Gasteiger partial charge in [-0.15, -0.1) is 0 Å². The highest BCUT2D eigenvalue weighted by molar-refractivity contribution is 5.95. The van der Waals surface area contributed by atoms with E-state index in [1.165, 1.54) is 5.56 Å². The van der Waals surface area contributed by atoms with E-state index in [4.69, 9.17) is 14.5 Å². The Hall–Kier alpha value is -3.80. The fourth-order valence-corrected chi connectivity index (χ4v) is 3.83. The number of aromatic nitrogens is 2. The highest BCUT2D eigenvalue weighted by Crippen LogP contribution is 2.37. The zero-order valence-electron chi connectivity index (χ0n) is 18.9. The fourth-order valence-electron chi connectivity index (χ4n) is 3.83. The van der Waals surface area contributed by atoms with Crippen LogP contribution in [0.2, 0.25) is 0 Å². The first-order chi connectivity index (χ1) is 15.7. The van der Waals surface area contributed by atoms with Gasteiger partial charge in [0, 0.05) is 42.8 Å². The van der Waals surface area contributed by atoms with Gasteiger partial charge in [0.2, 0.25) is 5.95 Å². The summed E-state index contributed by atoms with van der Waals surface area (Å²) in [7, 11) is 5.08. The van der Waals surface area contributed by atoms with Gasteiger partial charge in [-0.25, -0.2) is 9.97 Å². The number of ether oxygens (including phenoxy) is 2. The second kappa shape index (κ2) is 9.56. The Balaban J connectivity index is 1.81. The number of anilines is 2. The monoisotopic (exact) mass is 428 g/mol. The molecule has 0 unspecified atom stereocenters. The Bertz CT molecular complexity index is 1210. The van der Waals surface area contributed by atoms with Crippen molar-refractivity contribution >= 4 is 22.5 Å². The van der Waals surface area contributed by atoms with Gasteiger partial charge in [0.15, 0.2) is 11.5 Å². The van der Waals surface area contributed by atoms with Gasteiger partial charge in [0.1, 0.15) is 0 Å². The van der Waals surface area contributed by atoms with Gasteiger partial charge in [0.05, 0.1) is 25.4 Å². The number of rotatable bonds is 8. The van der Waals surface area contributed by atoms with Crippen LogP contribution in [0.15, 0.2) is 66.7 Å². The maximum atomic E-state index is 5.53. The first-order valence-electron chi connectivity index (χ1n) is 10.7. The molecule has 0 spiro atoms. The Morgan fingerprint density at radius 3 is 2.31 bits per heavy atom. The summed E-state index contributed by atoms with van der Waals surface area (Å²) in [5, 5.41) is 3.98. The van der Waals surface area contributed by atoms with Crippen molar-refractivity contribution < 1.29 is 9.47 Å². The lowest BCUT2D eigenvalue weighted by Gasteiger charge is -2.24. The van der Waals surface area contributed by atoms with Crippen molar-refractivity contribution in [3.05, 3.63) is 72.3 Å². The summed E-state index contributed by atoms with van der Waals surface area (Å²) in [4.78, 5) is 11.8.